The number of rotatable bonds is 3. The zero-order valence-corrected chi connectivity index (χ0v) is 15.7. The molecule has 0 radical (unpaired) electrons. The Labute approximate surface area is 163 Å². The van der Waals surface area contributed by atoms with Crippen molar-refractivity contribution in [2.75, 3.05) is 31.5 Å². The van der Waals surface area contributed by atoms with Crippen LogP contribution in [0.15, 0.2) is 48.5 Å². The second-order valence-corrected chi connectivity index (χ2v) is 7.76. The van der Waals surface area contributed by atoms with E-state index in [0.717, 1.165) is 39.0 Å². The van der Waals surface area contributed by atoms with Crippen LogP contribution in [0, 0.1) is 11.2 Å². The van der Waals surface area contributed by atoms with Gasteiger partial charge in [0.2, 0.25) is 0 Å². The van der Waals surface area contributed by atoms with E-state index in [0.29, 0.717) is 22.2 Å². The van der Waals surface area contributed by atoms with Gasteiger partial charge in [0, 0.05) is 36.4 Å². The van der Waals surface area contributed by atoms with Gasteiger partial charge in [-0.2, -0.15) is 0 Å². The fraction of sp³-hybridized carbons (Fsp3) is 0.364. The zero-order chi connectivity index (χ0) is 19.6. The Bertz CT molecular complexity index is 866. The third-order valence-corrected chi connectivity index (χ3v) is 5.92. The van der Waals surface area contributed by atoms with Gasteiger partial charge in [0.05, 0.1) is 0 Å². The number of piperidine rings is 1. The minimum atomic E-state index is -0.388. The number of hydrogen-bond donors (Lipinski definition) is 2. The third kappa shape index (κ3) is 3.92. The highest BCUT2D eigenvalue weighted by molar-refractivity contribution is 6.05. The topological polar surface area (TPSA) is 61.4 Å². The Morgan fingerprint density at radius 1 is 1.00 bits per heavy atom. The summed E-state index contributed by atoms with van der Waals surface area (Å²) in [5.74, 6) is -0.724. The number of hydrogen-bond acceptors (Lipinski definition) is 3. The van der Waals surface area contributed by atoms with Gasteiger partial charge in [0.15, 0.2) is 0 Å². The first-order chi connectivity index (χ1) is 13.5. The van der Waals surface area contributed by atoms with Crippen molar-refractivity contribution in [3.63, 3.8) is 0 Å². The van der Waals surface area contributed by atoms with Gasteiger partial charge in [-0.25, -0.2) is 4.39 Å². The Morgan fingerprint density at radius 2 is 1.75 bits per heavy atom. The molecule has 0 aromatic heterocycles. The SMILES string of the molecule is O=C(Nc1cccc(C(=O)N2CCC3(CCNC3)CC2)c1)c1ccc(F)cc1. The van der Waals surface area contributed by atoms with E-state index >= 15 is 0 Å². The Kier molecular flexibility index (Phi) is 5.13. The zero-order valence-electron chi connectivity index (χ0n) is 15.7. The monoisotopic (exact) mass is 381 g/mol. The quantitative estimate of drug-likeness (QED) is 0.858. The molecule has 2 aliphatic heterocycles. The van der Waals surface area contributed by atoms with E-state index < -0.39 is 0 Å². The lowest BCUT2D eigenvalue weighted by atomic mass is 9.78. The van der Waals surface area contributed by atoms with Gasteiger partial charge in [-0.15, -0.1) is 0 Å². The summed E-state index contributed by atoms with van der Waals surface area (Å²) in [6.45, 7) is 3.67. The molecule has 2 aromatic rings. The van der Waals surface area contributed by atoms with E-state index in [4.69, 9.17) is 0 Å². The number of carbonyl (C=O) groups excluding carboxylic acids is 2. The van der Waals surface area contributed by atoms with Gasteiger partial charge < -0.3 is 15.5 Å². The Balaban J connectivity index is 1.41. The van der Waals surface area contributed by atoms with Gasteiger partial charge in [0.25, 0.3) is 11.8 Å². The van der Waals surface area contributed by atoms with Crippen molar-refractivity contribution in [3.8, 4) is 0 Å². The molecule has 146 valence electrons. The number of amides is 2. The molecule has 0 bridgehead atoms. The molecule has 0 aliphatic carbocycles. The highest BCUT2D eigenvalue weighted by Gasteiger charge is 2.38. The number of anilines is 1. The first-order valence-corrected chi connectivity index (χ1v) is 9.72. The maximum atomic E-state index is 13.0. The molecule has 5 nitrogen and oxygen atoms in total. The predicted molar refractivity (Wildman–Crippen MR) is 106 cm³/mol. The molecule has 1 spiro atoms. The van der Waals surface area contributed by atoms with Crippen molar-refractivity contribution in [2.24, 2.45) is 5.41 Å². The van der Waals surface area contributed by atoms with E-state index in [1.807, 2.05) is 4.90 Å². The smallest absolute Gasteiger partial charge is 0.255 e. The summed E-state index contributed by atoms with van der Waals surface area (Å²) in [6, 6.07) is 12.3. The van der Waals surface area contributed by atoms with E-state index in [2.05, 4.69) is 10.6 Å². The molecule has 2 heterocycles. The molecule has 2 amide bonds. The van der Waals surface area contributed by atoms with Gasteiger partial charge in [-0.05, 0) is 73.7 Å². The molecule has 28 heavy (non-hydrogen) atoms. The second-order valence-electron chi connectivity index (χ2n) is 7.76. The number of carbonyl (C=O) groups is 2. The fourth-order valence-corrected chi connectivity index (χ4v) is 4.12. The molecule has 0 saturated carbocycles. The third-order valence-electron chi connectivity index (χ3n) is 5.92. The summed E-state index contributed by atoms with van der Waals surface area (Å²) in [5, 5.41) is 6.21. The number of nitrogens with one attached hydrogen (secondary N) is 2. The predicted octanol–water partition coefficient (Wildman–Crippen LogP) is 3.29. The molecule has 2 saturated heterocycles. The summed E-state index contributed by atoms with van der Waals surface area (Å²) >= 11 is 0. The van der Waals surface area contributed by atoms with Gasteiger partial charge in [0.1, 0.15) is 5.82 Å². The molecule has 0 atom stereocenters. The minimum Gasteiger partial charge on any atom is -0.339 e. The summed E-state index contributed by atoms with van der Waals surface area (Å²) in [7, 11) is 0. The largest absolute Gasteiger partial charge is 0.339 e. The second kappa shape index (κ2) is 7.72. The van der Waals surface area contributed by atoms with Gasteiger partial charge in [-0.3, -0.25) is 9.59 Å². The van der Waals surface area contributed by atoms with Crippen molar-refractivity contribution < 1.29 is 14.0 Å². The molecule has 0 unspecified atom stereocenters. The fourth-order valence-electron chi connectivity index (χ4n) is 4.12. The first-order valence-electron chi connectivity index (χ1n) is 9.72. The summed E-state index contributed by atoms with van der Waals surface area (Å²) in [5.41, 5.74) is 1.84. The lowest BCUT2D eigenvalue weighted by molar-refractivity contribution is 0.0607. The van der Waals surface area contributed by atoms with Gasteiger partial charge >= 0.3 is 0 Å². The van der Waals surface area contributed by atoms with E-state index in [9.17, 15) is 14.0 Å². The summed E-state index contributed by atoms with van der Waals surface area (Å²) in [4.78, 5) is 27.1. The molecule has 2 fully saturated rings. The molecule has 2 aromatic carbocycles. The van der Waals surface area contributed by atoms with Crippen LogP contribution in [0.5, 0.6) is 0 Å². The first kappa shape index (κ1) is 18.6. The molecule has 2 N–H and O–H groups in total. The minimum absolute atomic E-state index is 0.00122. The highest BCUT2D eigenvalue weighted by atomic mass is 19.1. The van der Waals surface area contributed by atoms with Crippen molar-refractivity contribution in [3.05, 3.63) is 65.5 Å². The van der Waals surface area contributed by atoms with Crippen LogP contribution in [0.4, 0.5) is 10.1 Å². The van der Waals surface area contributed by atoms with Crippen LogP contribution < -0.4 is 10.6 Å². The number of likely N-dealkylation sites (tertiary alicyclic amines) is 1. The van der Waals surface area contributed by atoms with Crippen LogP contribution in [0.1, 0.15) is 40.0 Å². The Hall–Kier alpha value is -2.73. The van der Waals surface area contributed by atoms with Crippen LogP contribution in [0.25, 0.3) is 0 Å². The maximum Gasteiger partial charge on any atom is 0.255 e. The Morgan fingerprint density at radius 3 is 2.43 bits per heavy atom. The molecular formula is C22H24FN3O2. The highest BCUT2D eigenvalue weighted by Crippen LogP contribution is 2.37. The van der Waals surface area contributed by atoms with Crippen LogP contribution in [0.2, 0.25) is 0 Å². The lowest BCUT2D eigenvalue weighted by Crippen LogP contribution is -2.44. The van der Waals surface area contributed by atoms with Crippen molar-refractivity contribution in [1.29, 1.82) is 0 Å². The number of nitrogens with zero attached hydrogens (tertiary/aromatic N) is 1. The molecule has 2 aliphatic rings. The summed E-state index contributed by atoms with van der Waals surface area (Å²) in [6.07, 6.45) is 3.26. The maximum absolute atomic E-state index is 13.0. The van der Waals surface area contributed by atoms with Crippen LogP contribution >= 0.6 is 0 Å². The van der Waals surface area contributed by atoms with Gasteiger partial charge in [-0.1, -0.05) is 6.07 Å². The van der Waals surface area contributed by atoms with Crippen molar-refractivity contribution in [2.45, 2.75) is 19.3 Å². The normalized spacial score (nSPS) is 18.2. The van der Waals surface area contributed by atoms with Crippen LogP contribution in [0.3, 0.4) is 0 Å². The van der Waals surface area contributed by atoms with Crippen LogP contribution in [-0.2, 0) is 0 Å². The molecule has 6 heteroatoms. The average Bonchev–Trinajstić information content (AvgIpc) is 3.16. The average molecular weight is 381 g/mol. The molecular weight excluding hydrogens is 357 g/mol. The summed E-state index contributed by atoms with van der Waals surface area (Å²) < 4.78 is 13.0. The van der Waals surface area contributed by atoms with Crippen molar-refractivity contribution in [1.82, 2.24) is 10.2 Å². The van der Waals surface area contributed by atoms with E-state index in [1.54, 1.807) is 24.3 Å². The van der Waals surface area contributed by atoms with E-state index in [1.165, 1.54) is 30.7 Å². The van der Waals surface area contributed by atoms with Crippen LogP contribution in [-0.4, -0.2) is 42.9 Å². The van der Waals surface area contributed by atoms with Crippen molar-refractivity contribution >= 4 is 17.5 Å². The standard InChI is InChI=1S/C22H24FN3O2/c23-18-6-4-16(5-7-18)20(27)25-19-3-1-2-17(14-19)21(28)26-12-9-22(10-13-26)8-11-24-15-22/h1-7,14,24H,8-13,15H2,(H,25,27). The number of benzene rings is 2. The van der Waals surface area contributed by atoms with E-state index in [-0.39, 0.29) is 17.6 Å². The number of halogens is 1. The molecule has 4 rings (SSSR count). The lowest BCUT2D eigenvalue weighted by Gasteiger charge is -2.39.